The van der Waals surface area contributed by atoms with E-state index in [1.165, 1.54) is 0 Å². The van der Waals surface area contributed by atoms with Gasteiger partial charge in [-0.15, -0.1) is 0 Å². The van der Waals surface area contributed by atoms with E-state index in [0.29, 0.717) is 24.1 Å². The van der Waals surface area contributed by atoms with Gasteiger partial charge in [-0.25, -0.2) is 9.97 Å². The Hall–Kier alpha value is -3.99. The van der Waals surface area contributed by atoms with Crippen LogP contribution >= 0.6 is 0 Å². The van der Waals surface area contributed by atoms with E-state index in [1.807, 2.05) is 28.8 Å². The number of carboxylic acid groups (broad SMARTS) is 1. The van der Waals surface area contributed by atoms with Crippen molar-refractivity contribution in [1.82, 2.24) is 29.7 Å². The first-order valence-electron chi connectivity index (χ1n) is 9.94. The van der Waals surface area contributed by atoms with Gasteiger partial charge in [-0.3, -0.25) is 4.79 Å². The molecule has 1 atom stereocenters. The van der Waals surface area contributed by atoms with Crippen LogP contribution in [-0.2, 0) is 16.1 Å². The second-order valence-corrected chi connectivity index (χ2v) is 6.90. The highest BCUT2D eigenvalue weighted by atomic mass is 16.5. The number of rotatable bonds is 6. The topological polar surface area (TPSA) is 141 Å². The Kier molecular flexibility index (Phi) is 6.56. The number of hydrogen-bond donors (Lipinski definition) is 2. The molecule has 5 rings (SSSR count). The molecule has 1 aromatic carbocycles. The molecule has 1 unspecified atom stereocenters. The number of nitrogens with zero attached hydrogens (tertiary/aromatic N) is 5. The van der Waals surface area contributed by atoms with Crippen LogP contribution in [0, 0.1) is 0 Å². The number of aromatic nitrogens is 6. The zero-order valence-corrected chi connectivity index (χ0v) is 17.3. The van der Waals surface area contributed by atoms with Crippen molar-refractivity contribution in [2.24, 2.45) is 0 Å². The summed E-state index contributed by atoms with van der Waals surface area (Å²) in [6.45, 7) is 0.889. The van der Waals surface area contributed by atoms with Gasteiger partial charge in [0.1, 0.15) is 17.5 Å². The quantitative estimate of drug-likeness (QED) is 0.435. The van der Waals surface area contributed by atoms with Crippen LogP contribution in [0.25, 0.3) is 22.8 Å². The zero-order valence-electron chi connectivity index (χ0n) is 17.3. The van der Waals surface area contributed by atoms with Crippen molar-refractivity contribution in [1.29, 1.82) is 0 Å². The van der Waals surface area contributed by atoms with Crippen molar-refractivity contribution in [2.45, 2.75) is 25.5 Å². The Labute approximate surface area is 183 Å². The summed E-state index contributed by atoms with van der Waals surface area (Å²) in [4.78, 5) is 25.1. The van der Waals surface area contributed by atoms with Gasteiger partial charge in [0.2, 0.25) is 0 Å². The van der Waals surface area contributed by atoms with Crippen LogP contribution in [0.4, 0.5) is 0 Å². The van der Waals surface area contributed by atoms with E-state index in [1.54, 1.807) is 25.8 Å². The van der Waals surface area contributed by atoms with Crippen LogP contribution < -0.4 is 4.74 Å². The predicted molar refractivity (Wildman–Crippen MR) is 112 cm³/mol. The SMILES string of the molecule is COc1cccc(-c2ncn(Cc3noc(C4CCCO4)n3)c2-c2ncc[nH]2)c1.O=CO. The first-order chi connectivity index (χ1) is 15.7. The van der Waals surface area contributed by atoms with Crippen LogP contribution in [0.5, 0.6) is 5.75 Å². The molecular formula is C21H22N6O5. The van der Waals surface area contributed by atoms with Gasteiger partial charge in [0.15, 0.2) is 11.6 Å². The van der Waals surface area contributed by atoms with Gasteiger partial charge in [0, 0.05) is 24.6 Å². The molecule has 11 heteroatoms. The number of benzene rings is 1. The summed E-state index contributed by atoms with van der Waals surface area (Å²) in [6, 6.07) is 7.78. The fraction of sp³-hybridized carbons (Fsp3) is 0.286. The minimum Gasteiger partial charge on any atom is -0.497 e. The monoisotopic (exact) mass is 438 g/mol. The van der Waals surface area contributed by atoms with Crippen LogP contribution in [0.3, 0.4) is 0 Å². The first kappa shape index (κ1) is 21.2. The standard InChI is InChI=1S/C20H20N6O3.CH2O2/c1-27-14-5-2-4-13(10-14)17-18(19-21-7-8-22-19)26(12-23-17)11-16-24-20(29-25-16)15-6-3-9-28-15;2-1-3/h2,4-5,7-8,10,12,15H,3,6,9,11H2,1H3,(H,21,22);1H,(H,2,3). The molecule has 1 aliphatic heterocycles. The third-order valence-corrected chi connectivity index (χ3v) is 4.90. The molecule has 0 saturated carbocycles. The van der Waals surface area contributed by atoms with Crippen LogP contribution in [0.15, 0.2) is 47.5 Å². The second-order valence-electron chi connectivity index (χ2n) is 6.90. The van der Waals surface area contributed by atoms with Gasteiger partial charge in [-0.1, -0.05) is 17.3 Å². The molecule has 32 heavy (non-hydrogen) atoms. The maximum atomic E-state index is 8.36. The molecule has 166 valence electrons. The summed E-state index contributed by atoms with van der Waals surface area (Å²) in [5.74, 6) is 2.58. The number of H-pyrrole nitrogens is 1. The molecule has 11 nitrogen and oxygen atoms in total. The minimum atomic E-state index is -0.250. The summed E-state index contributed by atoms with van der Waals surface area (Å²) in [5, 5.41) is 11.0. The van der Waals surface area contributed by atoms with Gasteiger partial charge in [0.25, 0.3) is 12.4 Å². The number of methoxy groups -OCH3 is 1. The molecule has 0 spiro atoms. The molecule has 0 aliphatic carbocycles. The van der Waals surface area contributed by atoms with Crippen molar-refractivity contribution in [3.8, 4) is 28.5 Å². The number of hydrogen-bond acceptors (Lipinski definition) is 8. The number of nitrogens with one attached hydrogen (secondary N) is 1. The lowest BCUT2D eigenvalue weighted by Gasteiger charge is -2.07. The molecule has 1 aliphatic rings. The number of aromatic amines is 1. The Bertz CT molecular complexity index is 1150. The Balaban J connectivity index is 0.000000775. The Morgan fingerprint density at radius 3 is 2.97 bits per heavy atom. The Morgan fingerprint density at radius 2 is 2.25 bits per heavy atom. The maximum Gasteiger partial charge on any atom is 0.290 e. The van der Waals surface area contributed by atoms with Gasteiger partial charge in [-0.2, -0.15) is 4.98 Å². The van der Waals surface area contributed by atoms with Gasteiger partial charge >= 0.3 is 0 Å². The largest absolute Gasteiger partial charge is 0.497 e. The lowest BCUT2D eigenvalue weighted by molar-refractivity contribution is -0.122. The van der Waals surface area contributed by atoms with Gasteiger partial charge < -0.3 is 28.7 Å². The normalized spacial score (nSPS) is 15.2. The van der Waals surface area contributed by atoms with Crippen molar-refractivity contribution >= 4 is 6.47 Å². The molecule has 4 heterocycles. The Morgan fingerprint density at radius 1 is 1.38 bits per heavy atom. The summed E-state index contributed by atoms with van der Waals surface area (Å²) < 4.78 is 18.4. The summed E-state index contributed by atoms with van der Waals surface area (Å²) in [6.07, 6.45) is 7.07. The van der Waals surface area contributed by atoms with Crippen molar-refractivity contribution < 1.29 is 23.9 Å². The third-order valence-electron chi connectivity index (χ3n) is 4.90. The number of ether oxygens (including phenoxy) is 2. The molecule has 3 aromatic heterocycles. The molecule has 1 saturated heterocycles. The molecule has 0 radical (unpaired) electrons. The summed E-state index contributed by atoms with van der Waals surface area (Å²) in [5.41, 5.74) is 2.57. The summed E-state index contributed by atoms with van der Waals surface area (Å²) >= 11 is 0. The van der Waals surface area contributed by atoms with Crippen molar-refractivity contribution in [3.63, 3.8) is 0 Å². The molecular weight excluding hydrogens is 416 g/mol. The van der Waals surface area contributed by atoms with Crippen LogP contribution in [-0.4, -0.2) is 55.0 Å². The minimum absolute atomic E-state index is 0.101. The maximum absolute atomic E-state index is 8.36. The average molecular weight is 438 g/mol. The van der Waals surface area contributed by atoms with Crippen molar-refractivity contribution in [2.75, 3.05) is 13.7 Å². The average Bonchev–Trinajstić information content (AvgIpc) is 3.61. The van der Waals surface area contributed by atoms with E-state index in [0.717, 1.165) is 42.1 Å². The highest BCUT2D eigenvalue weighted by Gasteiger charge is 2.25. The molecule has 0 amide bonds. The summed E-state index contributed by atoms with van der Waals surface area (Å²) in [7, 11) is 1.65. The van der Waals surface area contributed by atoms with E-state index < -0.39 is 0 Å². The molecule has 0 bridgehead atoms. The lowest BCUT2D eigenvalue weighted by atomic mass is 10.1. The molecule has 1 fully saturated rings. The third kappa shape index (κ3) is 4.52. The molecule has 4 aromatic rings. The second kappa shape index (κ2) is 9.88. The van der Waals surface area contributed by atoms with E-state index >= 15 is 0 Å². The van der Waals surface area contributed by atoms with E-state index in [-0.39, 0.29) is 12.6 Å². The van der Waals surface area contributed by atoms with Gasteiger partial charge in [-0.05, 0) is 25.0 Å². The predicted octanol–water partition coefficient (Wildman–Crippen LogP) is 2.93. The highest BCUT2D eigenvalue weighted by molar-refractivity contribution is 5.76. The van der Waals surface area contributed by atoms with Crippen LogP contribution in [0.2, 0.25) is 0 Å². The first-order valence-corrected chi connectivity index (χ1v) is 9.94. The fourth-order valence-electron chi connectivity index (χ4n) is 3.51. The fourth-order valence-corrected chi connectivity index (χ4v) is 3.51. The van der Waals surface area contributed by atoms with E-state index in [9.17, 15) is 0 Å². The van der Waals surface area contributed by atoms with E-state index in [4.69, 9.17) is 23.9 Å². The number of imidazole rings is 2. The van der Waals surface area contributed by atoms with E-state index in [2.05, 4.69) is 25.1 Å². The lowest BCUT2D eigenvalue weighted by Crippen LogP contribution is -2.04. The smallest absolute Gasteiger partial charge is 0.290 e. The van der Waals surface area contributed by atoms with Gasteiger partial charge in [0.05, 0.1) is 25.7 Å². The zero-order chi connectivity index (χ0) is 22.3. The highest BCUT2D eigenvalue weighted by Crippen LogP contribution is 2.32. The number of carbonyl (C=O) groups is 1. The van der Waals surface area contributed by atoms with Crippen molar-refractivity contribution in [3.05, 3.63) is 54.7 Å². The molecule has 2 N–H and O–H groups in total. The van der Waals surface area contributed by atoms with Crippen LogP contribution in [0.1, 0.15) is 30.7 Å².